The molecule has 6 nitrogen and oxygen atoms in total. The first-order valence-electron chi connectivity index (χ1n) is 7.88. The van der Waals surface area contributed by atoms with E-state index in [9.17, 15) is 0 Å². The lowest BCUT2D eigenvalue weighted by Crippen LogP contribution is -2.38. The molecule has 0 aromatic heterocycles. The Morgan fingerprint density at radius 3 is 1.33 bits per heavy atom. The molecule has 3 aliphatic rings. The molecule has 0 N–H and O–H groups in total. The summed E-state index contributed by atoms with van der Waals surface area (Å²) in [5, 5.41) is 0. The van der Waals surface area contributed by atoms with Crippen molar-refractivity contribution in [2.24, 2.45) is 5.41 Å². The number of rotatable bonds is 13. The molecule has 3 fully saturated rings. The van der Waals surface area contributed by atoms with Crippen molar-refractivity contribution < 1.29 is 28.4 Å². The molecule has 0 spiro atoms. The van der Waals surface area contributed by atoms with Crippen molar-refractivity contribution in [1.29, 1.82) is 0 Å². The fraction of sp³-hybridized carbons (Fsp3) is 1.00. The molecule has 3 rings (SSSR count). The third-order valence-electron chi connectivity index (χ3n) is 4.09. The fourth-order valence-electron chi connectivity index (χ4n) is 2.14. The second-order valence-corrected chi connectivity index (χ2v) is 6.26. The molecule has 0 unspecified atom stereocenters. The SMILES string of the molecule is CCC(COC[C@H]1CO1)(COC[C@H]1CO1)COC[C@H]1CO1. The Bertz CT molecular complexity index is 266. The summed E-state index contributed by atoms with van der Waals surface area (Å²) < 4.78 is 33.0. The van der Waals surface area contributed by atoms with E-state index in [0.29, 0.717) is 58.0 Å². The van der Waals surface area contributed by atoms with Crippen molar-refractivity contribution in [2.75, 3.05) is 59.5 Å². The first-order valence-corrected chi connectivity index (χ1v) is 7.88. The zero-order valence-electron chi connectivity index (χ0n) is 12.8. The number of epoxide rings is 3. The van der Waals surface area contributed by atoms with Gasteiger partial charge in [-0.2, -0.15) is 0 Å². The van der Waals surface area contributed by atoms with Crippen molar-refractivity contribution in [1.82, 2.24) is 0 Å². The maximum absolute atomic E-state index is 5.81. The maximum Gasteiger partial charge on any atom is 0.104 e. The molecule has 0 aromatic carbocycles. The highest BCUT2D eigenvalue weighted by Crippen LogP contribution is 2.26. The van der Waals surface area contributed by atoms with Crippen LogP contribution in [0.1, 0.15) is 13.3 Å². The second kappa shape index (κ2) is 7.35. The van der Waals surface area contributed by atoms with Crippen LogP contribution < -0.4 is 0 Å². The zero-order chi connectivity index (χ0) is 14.5. The Morgan fingerprint density at radius 2 is 1.10 bits per heavy atom. The molecule has 122 valence electrons. The molecule has 0 bridgehead atoms. The largest absolute Gasteiger partial charge is 0.378 e. The Morgan fingerprint density at radius 1 is 0.762 bits per heavy atom. The summed E-state index contributed by atoms with van der Waals surface area (Å²) in [4.78, 5) is 0. The van der Waals surface area contributed by atoms with Gasteiger partial charge in [-0.05, 0) is 6.42 Å². The molecule has 0 radical (unpaired) electrons. The van der Waals surface area contributed by atoms with E-state index in [0.717, 1.165) is 26.2 Å². The van der Waals surface area contributed by atoms with Crippen LogP contribution in [0.4, 0.5) is 0 Å². The van der Waals surface area contributed by atoms with Gasteiger partial charge in [-0.3, -0.25) is 0 Å². The zero-order valence-corrected chi connectivity index (χ0v) is 12.8. The van der Waals surface area contributed by atoms with Gasteiger partial charge in [0.05, 0.1) is 59.5 Å². The molecule has 0 saturated carbocycles. The normalized spacial score (nSPS) is 30.4. The minimum Gasteiger partial charge on any atom is -0.378 e. The lowest BCUT2D eigenvalue weighted by atomic mass is 9.88. The fourth-order valence-corrected chi connectivity index (χ4v) is 2.14. The maximum atomic E-state index is 5.81. The molecule has 3 atom stereocenters. The first kappa shape index (κ1) is 15.6. The highest BCUT2D eigenvalue weighted by molar-refractivity contribution is 4.80. The van der Waals surface area contributed by atoms with Crippen molar-refractivity contribution in [3.8, 4) is 0 Å². The quantitative estimate of drug-likeness (QED) is 0.465. The van der Waals surface area contributed by atoms with E-state index in [1.165, 1.54) is 0 Å². The van der Waals surface area contributed by atoms with Crippen LogP contribution in [0, 0.1) is 5.41 Å². The van der Waals surface area contributed by atoms with E-state index < -0.39 is 0 Å². The molecule has 6 heteroatoms. The Labute approximate surface area is 126 Å². The monoisotopic (exact) mass is 302 g/mol. The predicted octanol–water partition coefficient (Wildman–Crippen LogP) is 0.629. The van der Waals surface area contributed by atoms with E-state index >= 15 is 0 Å². The van der Waals surface area contributed by atoms with Crippen LogP contribution in [0.3, 0.4) is 0 Å². The molecule has 0 aliphatic carbocycles. The van der Waals surface area contributed by atoms with Crippen LogP contribution in [-0.2, 0) is 28.4 Å². The summed E-state index contributed by atoms with van der Waals surface area (Å²) in [7, 11) is 0. The molecule has 0 aromatic rings. The Kier molecular flexibility index (Phi) is 5.48. The summed E-state index contributed by atoms with van der Waals surface area (Å²) in [5.74, 6) is 0. The third kappa shape index (κ3) is 5.81. The Hall–Kier alpha value is -0.240. The molecule has 21 heavy (non-hydrogen) atoms. The number of hydrogen-bond acceptors (Lipinski definition) is 6. The van der Waals surface area contributed by atoms with Gasteiger partial charge in [0.2, 0.25) is 0 Å². The van der Waals surface area contributed by atoms with Gasteiger partial charge in [-0.1, -0.05) is 6.92 Å². The highest BCUT2D eigenvalue weighted by Gasteiger charge is 2.34. The molecular formula is C15H26O6. The molecule has 0 amide bonds. The van der Waals surface area contributed by atoms with Crippen LogP contribution in [0.2, 0.25) is 0 Å². The third-order valence-corrected chi connectivity index (χ3v) is 4.09. The van der Waals surface area contributed by atoms with Gasteiger partial charge < -0.3 is 28.4 Å². The van der Waals surface area contributed by atoms with Crippen LogP contribution >= 0.6 is 0 Å². The van der Waals surface area contributed by atoms with Crippen molar-refractivity contribution in [3.63, 3.8) is 0 Å². The van der Waals surface area contributed by atoms with Gasteiger partial charge in [0.15, 0.2) is 0 Å². The molecular weight excluding hydrogens is 276 g/mol. The van der Waals surface area contributed by atoms with Gasteiger partial charge in [0.1, 0.15) is 18.3 Å². The second-order valence-electron chi connectivity index (χ2n) is 6.26. The number of ether oxygens (including phenoxy) is 6. The smallest absolute Gasteiger partial charge is 0.104 e. The van der Waals surface area contributed by atoms with Crippen LogP contribution in [0.5, 0.6) is 0 Å². The molecule has 3 aliphatic heterocycles. The number of hydrogen-bond donors (Lipinski definition) is 0. The van der Waals surface area contributed by atoms with E-state index in [4.69, 9.17) is 28.4 Å². The predicted molar refractivity (Wildman–Crippen MR) is 74.4 cm³/mol. The summed E-state index contributed by atoms with van der Waals surface area (Å²) in [5.41, 5.74) is -0.0985. The highest BCUT2D eigenvalue weighted by atomic mass is 16.6. The van der Waals surface area contributed by atoms with Gasteiger partial charge in [-0.25, -0.2) is 0 Å². The average Bonchev–Trinajstić information content (AvgIpc) is 3.34. The van der Waals surface area contributed by atoms with Crippen LogP contribution in [0.25, 0.3) is 0 Å². The van der Waals surface area contributed by atoms with E-state index in [1.54, 1.807) is 0 Å². The first-order chi connectivity index (χ1) is 10.3. The molecule has 3 saturated heterocycles. The average molecular weight is 302 g/mol. The van der Waals surface area contributed by atoms with Crippen molar-refractivity contribution in [3.05, 3.63) is 0 Å². The minimum absolute atomic E-state index is 0.0985. The topological polar surface area (TPSA) is 65.3 Å². The standard InChI is InChI=1S/C15H26O6/c1-2-15(9-16-3-12-6-19-12,10-17-4-13-7-20-13)11-18-5-14-8-21-14/h12-14H,2-11H2,1H3/t12-,13-,14-/m0/s1. The van der Waals surface area contributed by atoms with Gasteiger partial charge in [-0.15, -0.1) is 0 Å². The van der Waals surface area contributed by atoms with E-state index in [1.807, 2.05) is 0 Å². The van der Waals surface area contributed by atoms with E-state index in [-0.39, 0.29) is 5.41 Å². The van der Waals surface area contributed by atoms with Crippen LogP contribution in [-0.4, -0.2) is 77.8 Å². The lowest BCUT2D eigenvalue weighted by molar-refractivity contribution is -0.0762. The lowest BCUT2D eigenvalue weighted by Gasteiger charge is -2.32. The van der Waals surface area contributed by atoms with Crippen molar-refractivity contribution >= 4 is 0 Å². The minimum atomic E-state index is -0.0985. The van der Waals surface area contributed by atoms with Crippen LogP contribution in [0.15, 0.2) is 0 Å². The Balaban J connectivity index is 1.41. The summed E-state index contributed by atoms with van der Waals surface area (Å²) in [6, 6.07) is 0. The van der Waals surface area contributed by atoms with E-state index in [2.05, 4.69) is 6.92 Å². The van der Waals surface area contributed by atoms with Gasteiger partial charge in [0, 0.05) is 5.41 Å². The summed E-state index contributed by atoms with van der Waals surface area (Å²) >= 11 is 0. The summed E-state index contributed by atoms with van der Waals surface area (Å²) in [6.07, 6.45) is 1.83. The van der Waals surface area contributed by atoms with Crippen molar-refractivity contribution in [2.45, 2.75) is 31.7 Å². The molecule has 3 heterocycles. The summed E-state index contributed by atoms with van der Waals surface area (Å²) in [6.45, 7) is 8.54. The van der Waals surface area contributed by atoms with Gasteiger partial charge >= 0.3 is 0 Å². The van der Waals surface area contributed by atoms with Gasteiger partial charge in [0.25, 0.3) is 0 Å².